The summed E-state index contributed by atoms with van der Waals surface area (Å²) in [6, 6.07) is 0.659. The minimum atomic E-state index is 0.0712. The van der Waals surface area contributed by atoms with Gasteiger partial charge in [0.25, 0.3) is 0 Å². The highest BCUT2D eigenvalue weighted by Gasteiger charge is 2.30. The van der Waals surface area contributed by atoms with E-state index in [1.807, 2.05) is 0 Å². The second-order valence-corrected chi connectivity index (χ2v) is 4.28. The van der Waals surface area contributed by atoms with Crippen LogP contribution in [0.5, 0.6) is 0 Å². The fourth-order valence-corrected chi connectivity index (χ4v) is 2.20. The van der Waals surface area contributed by atoms with Crippen LogP contribution in [0.25, 0.3) is 0 Å². The summed E-state index contributed by atoms with van der Waals surface area (Å²) in [7, 11) is 0. The lowest BCUT2D eigenvalue weighted by Crippen LogP contribution is -2.52. The molecule has 15 heavy (non-hydrogen) atoms. The third-order valence-electron chi connectivity index (χ3n) is 3.26. The SMILES string of the molecule is CCC(C(=N)N)N(CCCO)C1CCC1. The second kappa shape index (κ2) is 6.08. The van der Waals surface area contributed by atoms with Crippen LogP contribution in [-0.2, 0) is 0 Å². The van der Waals surface area contributed by atoms with Crippen molar-refractivity contribution in [2.24, 2.45) is 5.73 Å². The molecule has 0 bridgehead atoms. The van der Waals surface area contributed by atoms with E-state index in [9.17, 15) is 0 Å². The first-order valence-electron chi connectivity index (χ1n) is 5.91. The molecule has 4 N–H and O–H groups in total. The van der Waals surface area contributed by atoms with Crippen LogP contribution in [0.2, 0.25) is 0 Å². The molecule has 0 spiro atoms. The summed E-state index contributed by atoms with van der Waals surface area (Å²) in [5.74, 6) is 0.266. The Balaban J connectivity index is 2.55. The highest BCUT2D eigenvalue weighted by molar-refractivity contribution is 5.82. The van der Waals surface area contributed by atoms with Gasteiger partial charge in [0, 0.05) is 19.2 Å². The lowest BCUT2D eigenvalue weighted by molar-refractivity contribution is 0.0949. The van der Waals surface area contributed by atoms with Crippen LogP contribution in [0.15, 0.2) is 0 Å². The van der Waals surface area contributed by atoms with Gasteiger partial charge in [0.15, 0.2) is 0 Å². The molecule has 1 aliphatic carbocycles. The van der Waals surface area contributed by atoms with Crippen molar-refractivity contribution in [1.29, 1.82) is 5.41 Å². The fraction of sp³-hybridized carbons (Fsp3) is 0.909. The molecule has 0 aromatic carbocycles. The van der Waals surface area contributed by atoms with Crippen LogP contribution in [0.4, 0.5) is 0 Å². The number of nitrogens with two attached hydrogens (primary N) is 1. The van der Waals surface area contributed by atoms with E-state index in [4.69, 9.17) is 16.2 Å². The van der Waals surface area contributed by atoms with E-state index >= 15 is 0 Å². The molecule has 4 heteroatoms. The monoisotopic (exact) mass is 213 g/mol. The Labute approximate surface area is 92.0 Å². The maximum Gasteiger partial charge on any atom is 0.108 e. The van der Waals surface area contributed by atoms with Crippen molar-refractivity contribution in [3.63, 3.8) is 0 Å². The second-order valence-electron chi connectivity index (χ2n) is 4.28. The lowest BCUT2D eigenvalue weighted by atomic mass is 9.89. The number of amidine groups is 1. The van der Waals surface area contributed by atoms with Crippen LogP contribution in [0.3, 0.4) is 0 Å². The predicted octanol–water partition coefficient (Wildman–Crippen LogP) is 0.938. The maximum absolute atomic E-state index is 8.87. The number of aliphatic hydroxyl groups excluding tert-OH is 1. The topological polar surface area (TPSA) is 73.3 Å². The fourth-order valence-electron chi connectivity index (χ4n) is 2.20. The highest BCUT2D eigenvalue weighted by Crippen LogP contribution is 2.27. The molecule has 0 saturated heterocycles. The summed E-state index contributed by atoms with van der Waals surface area (Å²) in [6.45, 7) is 3.15. The Kier molecular flexibility index (Phi) is 5.05. The van der Waals surface area contributed by atoms with E-state index in [0.717, 1.165) is 19.4 Å². The standard InChI is InChI=1S/C11H23N3O/c1-2-10(11(12)13)14(7-4-8-15)9-5-3-6-9/h9-10,15H,2-8H2,1H3,(H3,12,13). The zero-order valence-electron chi connectivity index (χ0n) is 9.58. The molecule has 1 aliphatic rings. The van der Waals surface area contributed by atoms with Gasteiger partial charge in [-0.1, -0.05) is 13.3 Å². The van der Waals surface area contributed by atoms with Crippen LogP contribution >= 0.6 is 0 Å². The number of aliphatic hydroxyl groups is 1. The van der Waals surface area contributed by atoms with Gasteiger partial charge in [0.1, 0.15) is 5.84 Å². The van der Waals surface area contributed by atoms with Crippen molar-refractivity contribution in [3.8, 4) is 0 Å². The first-order valence-corrected chi connectivity index (χ1v) is 5.91. The Hall–Kier alpha value is -0.610. The maximum atomic E-state index is 8.87. The van der Waals surface area contributed by atoms with Crippen molar-refractivity contribution in [2.45, 2.75) is 51.1 Å². The van der Waals surface area contributed by atoms with Gasteiger partial charge in [-0.15, -0.1) is 0 Å². The van der Waals surface area contributed by atoms with Crippen LogP contribution < -0.4 is 5.73 Å². The van der Waals surface area contributed by atoms with Gasteiger partial charge in [0.2, 0.25) is 0 Å². The molecule has 0 aromatic heterocycles. The molecule has 0 aliphatic heterocycles. The molecule has 0 amide bonds. The Morgan fingerprint density at radius 2 is 2.27 bits per heavy atom. The first-order chi connectivity index (χ1) is 7.20. The lowest BCUT2D eigenvalue weighted by Gasteiger charge is -2.42. The molecule has 4 nitrogen and oxygen atoms in total. The molecule has 1 rings (SSSR count). The molecule has 0 heterocycles. The van der Waals surface area contributed by atoms with Gasteiger partial charge < -0.3 is 10.8 Å². The van der Waals surface area contributed by atoms with Gasteiger partial charge in [-0.3, -0.25) is 10.3 Å². The Morgan fingerprint density at radius 3 is 2.60 bits per heavy atom. The third-order valence-corrected chi connectivity index (χ3v) is 3.26. The van der Waals surface area contributed by atoms with Crippen molar-refractivity contribution >= 4 is 5.84 Å². The van der Waals surface area contributed by atoms with Crippen LogP contribution in [-0.4, -0.2) is 41.1 Å². The van der Waals surface area contributed by atoms with Crippen LogP contribution in [0.1, 0.15) is 39.0 Å². The number of nitrogens with one attached hydrogen (secondary N) is 1. The predicted molar refractivity (Wildman–Crippen MR) is 62.0 cm³/mol. The van der Waals surface area contributed by atoms with E-state index in [2.05, 4.69) is 11.8 Å². The zero-order valence-corrected chi connectivity index (χ0v) is 9.58. The van der Waals surface area contributed by atoms with E-state index < -0.39 is 0 Å². The third kappa shape index (κ3) is 3.18. The minimum Gasteiger partial charge on any atom is -0.396 e. The number of rotatable bonds is 7. The normalized spacial score (nSPS) is 18.9. The van der Waals surface area contributed by atoms with Crippen molar-refractivity contribution in [3.05, 3.63) is 0 Å². The molecule has 1 saturated carbocycles. The molecule has 0 radical (unpaired) electrons. The number of hydrogen-bond acceptors (Lipinski definition) is 3. The Morgan fingerprint density at radius 1 is 1.60 bits per heavy atom. The summed E-state index contributed by atoms with van der Waals surface area (Å²) in [4.78, 5) is 2.31. The minimum absolute atomic E-state index is 0.0712. The van der Waals surface area contributed by atoms with Gasteiger partial charge >= 0.3 is 0 Å². The van der Waals surface area contributed by atoms with Crippen LogP contribution in [0, 0.1) is 5.41 Å². The van der Waals surface area contributed by atoms with Gasteiger partial charge in [-0.05, 0) is 25.7 Å². The van der Waals surface area contributed by atoms with Gasteiger partial charge in [-0.25, -0.2) is 0 Å². The zero-order chi connectivity index (χ0) is 11.3. The summed E-state index contributed by atoms with van der Waals surface area (Å²) in [6.07, 6.45) is 5.39. The molecule has 1 fully saturated rings. The van der Waals surface area contributed by atoms with Gasteiger partial charge in [-0.2, -0.15) is 0 Å². The quantitative estimate of drug-likeness (QED) is 0.435. The van der Waals surface area contributed by atoms with Crippen molar-refractivity contribution in [1.82, 2.24) is 4.90 Å². The summed E-state index contributed by atoms with van der Waals surface area (Å²) >= 11 is 0. The van der Waals surface area contributed by atoms with E-state index in [1.54, 1.807) is 0 Å². The Bertz CT molecular complexity index is 204. The van der Waals surface area contributed by atoms with Gasteiger partial charge in [0.05, 0.1) is 6.04 Å². The summed E-state index contributed by atoms with van der Waals surface area (Å²) in [5.41, 5.74) is 5.62. The number of nitrogens with zero attached hydrogens (tertiary/aromatic N) is 1. The molecule has 1 atom stereocenters. The van der Waals surface area contributed by atoms with E-state index in [1.165, 1.54) is 19.3 Å². The smallest absolute Gasteiger partial charge is 0.108 e. The number of hydrogen-bond donors (Lipinski definition) is 3. The largest absolute Gasteiger partial charge is 0.396 e. The van der Waals surface area contributed by atoms with Crippen molar-refractivity contribution < 1.29 is 5.11 Å². The summed E-state index contributed by atoms with van der Waals surface area (Å²) in [5, 5.41) is 16.5. The summed E-state index contributed by atoms with van der Waals surface area (Å²) < 4.78 is 0. The highest BCUT2D eigenvalue weighted by atomic mass is 16.3. The first kappa shape index (κ1) is 12.5. The molecular weight excluding hydrogens is 190 g/mol. The molecular formula is C11H23N3O. The van der Waals surface area contributed by atoms with E-state index in [0.29, 0.717) is 6.04 Å². The molecule has 1 unspecified atom stereocenters. The average Bonchev–Trinajstić information content (AvgIpc) is 2.11. The molecule has 0 aromatic rings. The average molecular weight is 213 g/mol. The van der Waals surface area contributed by atoms with E-state index in [-0.39, 0.29) is 18.5 Å². The van der Waals surface area contributed by atoms with Crippen molar-refractivity contribution in [2.75, 3.05) is 13.2 Å². The molecule has 88 valence electrons.